The summed E-state index contributed by atoms with van der Waals surface area (Å²) in [7, 11) is 1.22. The Morgan fingerprint density at radius 1 is 1.38 bits per heavy atom. The van der Waals surface area contributed by atoms with Crippen LogP contribution in [0.3, 0.4) is 0 Å². The zero-order chi connectivity index (χ0) is 11.7. The molecule has 7 heteroatoms. The third kappa shape index (κ3) is 1.52. The lowest BCUT2D eigenvalue weighted by Crippen LogP contribution is -2.07. The number of nitrogen functional groups attached to an aromatic ring is 1. The Hall–Kier alpha value is -2.31. The van der Waals surface area contributed by atoms with Gasteiger partial charge in [-0.1, -0.05) is 0 Å². The zero-order valence-corrected chi connectivity index (χ0v) is 8.27. The highest BCUT2D eigenvalue weighted by atomic mass is 19.1. The standard InChI is InChI=1S/C9H7FN4O2/c1-16-8(15)4-2-3-5(10)7-6(4)13-14-9(11)12-7/h2-3H,1H3,(H2,11,12,14). The molecule has 2 rings (SSSR count). The smallest absolute Gasteiger partial charge is 0.340 e. The van der Waals surface area contributed by atoms with E-state index in [-0.39, 0.29) is 22.5 Å². The molecule has 6 nitrogen and oxygen atoms in total. The second-order valence-corrected chi connectivity index (χ2v) is 2.95. The molecule has 2 aromatic rings. The van der Waals surface area contributed by atoms with Crippen LogP contribution in [0.2, 0.25) is 0 Å². The first-order valence-corrected chi connectivity index (χ1v) is 4.30. The van der Waals surface area contributed by atoms with Gasteiger partial charge in [-0.05, 0) is 12.1 Å². The molecule has 0 amide bonds. The van der Waals surface area contributed by atoms with Crippen molar-refractivity contribution in [2.45, 2.75) is 0 Å². The first-order chi connectivity index (χ1) is 7.63. The van der Waals surface area contributed by atoms with Gasteiger partial charge in [-0.15, -0.1) is 10.2 Å². The number of nitrogens with zero attached hydrogens (tertiary/aromatic N) is 3. The molecule has 0 atom stereocenters. The normalized spacial score (nSPS) is 10.4. The number of anilines is 1. The van der Waals surface area contributed by atoms with E-state index >= 15 is 0 Å². The van der Waals surface area contributed by atoms with Crippen LogP contribution in [0.5, 0.6) is 0 Å². The molecule has 0 unspecified atom stereocenters. The van der Waals surface area contributed by atoms with Crippen LogP contribution in [0, 0.1) is 5.82 Å². The fraction of sp³-hybridized carbons (Fsp3) is 0.111. The van der Waals surface area contributed by atoms with Gasteiger partial charge in [-0.2, -0.15) is 0 Å². The van der Waals surface area contributed by atoms with Crippen molar-refractivity contribution in [3.05, 3.63) is 23.5 Å². The fourth-order valence-corrected chi connectivity index (χ4v) is 1.28. The number of fused-ring (bicyclic) bond motifs is 1. The first kappa shape index (κ1) is 10.2. The average Bonchev–Trinajstić information content (AvgIpc) is 2.29. The van der Waals surface area contributed by atoms with Crippen molar-refractivity contribution in [2.75, 3.05) is 12.8 Å². The van der Waals surface area contributed by atoms with Gasteiger partial charge in [0.2, 0.25) is 5.95 Å². The molecule has 0 spiro atoms. The van der Waals surface area contributed by atoms with E-state index in [1.165, 1.54) is 13.2 Å². The average molecular weight is 222 g/mol. The molecule has 0 aliphatic carbocycles. The number of benzene rings is 1. The van der Waals surface area contributed by atoms with E-state index in [1.54, 1.807) is 0 Å². The Morgan fingerprint density at radius 3 is 2.81 bits per heavy atom. The summed E-state index contributed by atoms with van der Waals surface area (Å²) in [6, 6.07) is 2.36. The van der Waals surface area contributed by atoms with Crippen molar-refractivity contribution < 1.29 is 13.9 Å². The number of carbonyl (C=O) groups excluding carboxylic acids is 1. The molecule has 0 saturated carbocycles. The number of aromatic nitrogens is 3. The van der Waals surface area contributed by atoms with E-state index in [0.29, 0.717) is 0 Å². The molecule has 1 aromatic heterocycles. The number of carbonyl (C=O) groups is 1. The van der Waals surface area contributed by atoms with Gasteiger partial charge in [0, 0.05) is 0 Å². The van der Waals surface area contributed by atoms with Crippen LogP contribution in [-0.4, -0.2) is 28.3 Å². The Balaban J connectivity index is 2.79. The molecule has 0 aliphatic rings. The fourth-order valence-electron chi connectivity index (χ4n) is 1.28. The number of halogens is 1. The van der Waals surface area contributed by atoms with Crippen LogP contribution >= 0.6 is 0 Å². The van der Waals surface area contributed by atoms with E-state index < -0.39 is 11.8 Å². The number of methoxy groups -OCH3 is 1. The molecule has 82 valence electrons. The van der Waals surface area contributed by atoms with Crippen molar-refractivity contribution in [1.29, 1.82) is 0 Å². The topological polar surface area (TPSA) is 91.0 Å². The predicted octanol–water partition coefficient (Wildman–Crippen LogP) is 0.533. The summed E-state index contributed by atoms with van der Waals surface area (Å²) in [6.45, 7) is 0. The molecule has 0 radical (unpaired) electrons. The van der Waals surface area contributed by atoms with Gasteiger partial charge < -0.3 is 10.5 Å². The quantitative estimate of drug-likeness (QED) is 0.708. The van der Waals surface area contributed by atoms with Gasteiger partial charge >= 0.3 is 5.97 Å². The van der Waals surface area contributed by atoms with Crippen LogP contribution in [0.4, 0.5) is 10.3 Å². The van der Waals surface area contributed by atoms with Crippen LogP contribution in [0.1, 0.15) is 10.4 Å². The molecule has 0 saturated heterocycles. The summed E-state index contributed by atoms with van der Waals surface area (Å²) >= 11 is 0. The molecule has 1 aromatic carbocycles. The third-order valence-corrected chi connectivity index (χ3v) is 1.99. The van der Waals surface area contributed by atoms with E-state index in [1.807, 2.05) is 0 Å². The van der Waals surface area contributed by atoms with Gasteiger partial charge in [0.1, 0.15) is 11.0 Å². The van der Waals surface area contributed by atoms with Gasteiger partial charge in [0.15, 0.2) is 5.82 Å². The number of nitrogens with two attached hydrogens (primary N) is 1. The molecule has 16 heavy (non-hydrogen) atoms. The first-order valence-electron chi connectivity index (χ1n) is 4.30. The Kier molecular flexibility index (Phi) is 2.35. The summed E-state index contributed by atoms with van der Waals surface area (Å²) in [5.41, 5.74) is 5.31. The molecular weight excluding hydrogens is 215 g/mol. The summed E-state index contributed by atoms with van der Waals surface area (Å²) in [5.74, 6) is -1.41. The molecule has 0 bridgehead atoms. The number of hydrogen-bond acceptors (Lipinski definition) is 6. The second-order valence-electron chi connectivity index (χ2n) is 2.95. The highest BCUT2D eigenvalue weighted by Crippen LogP contribution is 2.18. The van der Waals surface area contributed by atoms with Crippen molar-refractivity contribution >= 4 is 23.0 Å². The lowest BCUT2D eigenvalue weighted by atomic mass is 10.2. The van der Waals surface area contributed by atoms with E-state index in [9.17, 15) is 9.18 Å². The predicted molar refractivity (Wildman–Crippen MR) is 53.0 cm³/mol. The SMILES string of the molecule is COC(=O)c1ccc(F)c2nc(N)nnc12. The summed E-state index contributed by atoms with van der Waals surface area (Å²) < 4.78 is 17.9. The Labute approximate surface area is 89.3 Å². The molecule has 1 heterocycles. The number of rotatable bonds is 1. The summed E-state index contributed by atoms with van der Waals surface area (Å²) in [6.07, 6.45) is 0. The molecule has 2 N–H and O–H groups in total. The van der Waals surface area contributed by atoms with Gasteiger partial charge in [0.25, 0.3) is 0 Å². The maximum absolute atomic E-state index is 13.4. The molecule has 0 aliphatic heterocycles. The van der Waals surface area contributed by atoms with Crippen LogP contribution in [0.15, 0.2) is 12.1 Å². The van der Waals surface area contributed by atoms with Crippen molar-refractivity contribution in [2.24, 2.45) is 0 Å². The highest BCUT2D eigenvalue weighted by molar-refractivity contribution is 6.01. The van der Waals surface area contributed by atoms with E-state index in [4.69, 9.17) is 5.73 Å². The van der Waals surface area contributed by atoms with Gasteiger partial charge in [0.05, 0.1) is 12.7 Å². The van der Waals surface area contributed by atoms with Crippen molar-refractivity contribution in [3.8, 4) is 0 Å². The van der Waals surface area contributed by atoms with Gasteiger partial charge in [-0.25, -0.2) is 14.2 Å². The summed E-state index contributed by atoms with van der Waals surface area (Å²) in [4.78, 5) is 15.0. The van der Waals surface area contributed by atoms with Crippen LogP contribution in [0.25, 0.3) is 11.0 Å². The second kappa shape index (κ2) is 3.69. The molecule has 0 fully saturated rings. The monoisotopic (exact) mass is 222 g/mol. The number of ether oxygens (including phenoxy) is 1. The maximum atomic E-state index is 13.4. The maximum Gasteiger partial charge on any atom is 0.340 e. The minimum absolute atomic E-state index is 0.0288. The van der Waals surface area contributed by atoms with Crippen molar-refractivity contribution in [1.82, 2.24) is 15.2 Å². The minimum Gasteiger partial charge on any atom is -0.465 e. The number of esters is 1. The van der Waals surface area contributed by atoms with E-state index in [0.717, 1.165) is 6.07 Å². The van der Waals surface area contributed by atoms with Crippen molar-refractivity contribution in [3.63, 3.8) is 0 Å². The lowest BCUT2D eigenvalue weighted by molar-refractivity contribution is 0.0602. The summed E-state index contributed by atoms with van der Waals surface area (Å²) in [5, 5.41) is 7.10. The van der Waals surface area contributed by atoms with Crippen LogP contribution in [-0.2, 0) is 4.74 Å². The zero-order valence-electron chi connectivity index (χ0n) is 8.27. The highest BCUT2D eigenvalue weighted by Gasteiger charge is 2.15. The minimum atomic E-state index is -0.633. The number of hydrogen-bond donors (Lipinski definition) is 1. The molecular formula is C9H7FN4O2. The van der Waals surface area contributed by atoms with Crippen LogP contribution < -0.4 is 5.73 Å². The Bertz CT molecular complexity index is 573. The third-order valence-electron chi connectivity index (χ3n) is 1.99. The lowest BCUT2D eigenvalue weighted by Gasteiger charge is -2.03. The van der Waals surface area contributed by atoms with E-state index in [2.05, 4.69) is 19.9 Å². The Morgan fingerprint density at radius 2 is 2.12 bits per heavy atom. The largest absolute Gasteiger partial charge is 0.465 e. The van der Waals surface area contributed by atoms with Gasteiger partial charge in [-0.3, -0.25) is 0 Å².